The highest BCUT2D eigenvalue weighted by Gasteiger charge is 2.27. The second-order valence-electron chi connectivity index (χ2n) is 6.66. The minimum atomic E-state index is -0.465. The summed E-state index contributed by atoms with van der Waals surface area (Å²) in [7, 11) is 0. The minimum Gasteiger partial charge on any atom is -0.449 e. The lowest BCUT2D eigenvalue weighted by atomic mass is 9.98. The Bertz CT molecular complexity index is 367. The Balaban J connectivity index is 2.31. The van der Waals surface area contributed by atoms with E-state index in [1.807, 2.05) is 34.6 Å². The van der Waals surface area contributed by atoms with Gasteiger partial charge in [0.1, 0.15) is 5.60 Å². The zero-order valence-electron chi connectivity index (χ0n) is 14.6. The Morgan fingerprint density at radius 3 is 2.14 bits per heavy atom. The van der Waals surface area contributed by atoms with E-state index in [0.29, 0.717) is 38.7 Å². The highest BCUT2D eigenvalue weighted by molar-refractivity contribution is 5.68. The molecule has 2 amide bonds. The van der Waals surface area contributed by atoms with E-state index in [0.717, 1.165) is 12.8 Å². The van der Waals surface area contributed by atoms with E-state index in [-0.39, 0.29) is 12.2 Å². The van der Waals surface area contributed by atoms with Gasteiger partial charge in [0.15, 0.2) is 0 Å². The fourth-order valence-corrected chi connectivity index (χ4v) is 2.37. The zero-order chi connectivity index (χ0) is 16.8. The van der Waals surface area contributed by atoms with Crippen LogP contribution in [0.15, 0.2) is 0 Å². The van der Waals surface area contributed by atoms with E-state index in [1.54, 1.807) is 9.80 Å². The van der Waals surface area contributed by atoms with Crippen molar-refractivity contribution in [3.63, 3.8) is 0 Å². The first-order valence-corrected chi connectivity index (χ1v) is 8.16. The van der Waals surface area contributed by atoms with Crippen molar-refractivity contribution in [2.45, 2.75) is 53.1 Å². The summed E-state index contributed by atoms with van der Waals surface area (Å²) in [6, 6.07) is 0. The third-order valence-electron chi connectivity index (χ3n) is 3.73. The molecule has 0 aromatic heterocycles. The molecule has 6 nitrogen and oxygen atoms in total. The van der Waals surface area contributed by atoms with Gasteiger partial charge in [-0.1, -0.05) is 0 Å². The number of piperidine rings is 1. The largest absolute Gasteiger partial charge is 0.449 e. The van der Waals surface area contributed by atoms with Gasteiger partial charge < -0.3 is 19.3 Å². The molecule has 128 valence electrons. The molecule has 0 unspecified atom stereocenters. The zero-order valence-corrected chi connectivity index (χ0v) is 14.6. The molecule has 6 heteroatoms. The van der Waals surface area contributed by atoms with Crippen molar-refractivity contribution in [2.24, 2.45) is 5.92 Å². The molecule has 1 aliphatic rings. The number of hydrogen-bond acceptors (Lipinski definition) is 4. The van der Waals surface area contributed by atoms with E-state index < -0.39 is 5.60 Å². The average molecular weight is 314 g/mol. The van der Waals surface area contributed by atoms with Crippen molar-refractivity contribution in [2.75, 3.05) is 32.8 Å². The smallest absolute Gasteiger partial charge is 0.410 e. The van der Waals surface area contributed by atoms with Crippen molar-refractivity contribution < 1.29 is 19.1 Å². The predicted molar refractivity (Wildman–Crippen MR) is 84.8 cm³/mol. The van der Waals surface area contributed by atoms with E-state index in [4.69, 9.17) is 9.47 Å². The van der Waals surface area contributed by atoms with Crippen molar-refractivity contribution in [3.05, 3.63) is 0 Å². The average Bonchev–Trinajstić information content (AvgIpc) is 2.45. The highest BCUT2D eigenvalue weighted by atomic mass is 16.6. The van der Waals surface area contributed by atoms with Crippen molar-refractivity contribution in [1.82, 2.24) is 9.80 Å². The Hall–Kier alpha value is -1.46. The van der Waals surface area contributed by atoms with Gasteiger partial charge in [-0.15, -0.1) is 0 Å². The van der Waals surface area contributed by atoms with Crippen LogP contribution in [0, 0.1) is 5.92 Å². The summed E-state index contributed by atoms with van der Waals surface area (Å²) < 4.78 is 10.7. The molecule has 1 fully saturated rings. The Labute approximate surface area is 133 Å². The van der Waals surface area contributed by atoms with Gasteiger partial charge in [-0.3, -0.25) is 0 Å². The van der Waals surface area contributed by atoms with Gasteiger partial charge in [-0.2, -0.15) is 0 Å². The molecule has 0 N–H and O–H groups in total. The van der Waals surface area contributed by atoms with Crippen LogP contribution in [-0.4, -0.2) is 60.4 Å². The molecule has 0 saturated carbocycles. The van der Waals surface area contributed by atoms with Gasteiger partial charge in [0.2, 0.25) is 0 Å². The first-order valence-electron chi connectivity index (χ1n) is 8.16. The Morgan fingerprint density at radius 2 is 1.68 bits per heavy atom. The van der Waals surface area contributed by atoms with Gasteiger partial charge in [0, 0.05) is 26.2 Å². The van der Waals surface area contributed by atoms with Crippen LogP contribution in [0.4, 0.5) is 9.59 Å². The van der Waals surface area contributed by atoms with Crippen LogP contribution in [0.3, 0.4) is 0 Å². The lowest BCUT2D eigenvalue weighted by molar-refractivity contribution is 0.0137. The quantitative estimate of drug-likeness (QED) is 0.800. The van der Waals surface area contributed by atoms with Gasteiger partial charge >= 0.3 is 12.2 Å². The number of ether oxygens (including phenoxy) is 2. The molecule has 0 aliphatic carbocycles. The second-order valence-corrected chi connectivity index (χ2v) is 6.66. The fourth-order valence-electron chi connectivity index (χ4n) is 2.37. The Morgan fingerprint density at radius 1 is 1.14 bits per heavy atom. The highest BCUT2D eigenvalue weighted by Crippen LogP contribution is 2.20. The lowest BCUT2D eigenvalue weighted by Gasteiger charge is -2.33. The number of carbonyl (C=O) groups excluding carboxylic acids is 2. The lowest BCUT2D eigenvalue weighted by Crippen LogP contribution is -2.42. The number of carbonyl (C=O) groups is 2. The number of amides is 2. The number of rotatable bonds is 4. The summed E-state index contributed by atoms with van der Waals surface area (Å²) >= 11 is 0. The van der Waals surface area contributed by atoms with E-state index >= 15 is 0 Å². The van der Waals surface area contributed by atoms with Gasteiger partial charge in [-0.25, -0.2) is 9.59 Å². The molecule has 1 heterocycles. The normalized spacial score (nSPS) is 16.3. The van der Waals surface area contributed by atoms with E-state index in [2.05, 4.69) is 0 Å². The van der Waals surface area contributed by atoms with Crippen LogP contribution in [0.5, 0.6) is 0 Å². The van der Waals surface area contributed by atoms with E-state index in [1.165, 1.54) is 0 Å². The molecule has 0 spiro atoms. The number of likely N-dealkylation sites (tertiary alicyclic amines) is 1. The van der Waals surface area contributed by atoms with Gasteiger partial charge in [-0.05, 0) is 53.4 Å². The summed E-state index contributed by atoms with van der Waals surface area (Å²) in [5, 5.41) is 0. The van der Waals surface area contributed by atoms with Gasteiger partial charge in [0.05, 0.1) is 6.61 Å². The van der Waals surface area contributed by atoms with Crippen LogP contribution < -0.4 is 0 Å². The predicted octanol–water partition coefficient (Wildman–Crippen LogP) is 3.11. The van der Waals surface area contributed by atoms with Gasteiger partial charge in [0.25, 0.3) is 0 Å². The summed E-state index contributed by atoms with van der Waals surface area (Å²) in [6.45, 7) is 12.5. The van der Waals surface area contributed by atoms with Crippen LogP contribution in [0.2, 0.25) is 0 Å². The molecular formula is C16H30N2O4. The summed E-state index contributed by atoms with van der Waals surface area (Å²) in [5.41, 5.74) is -0.465. The van der Waals surface area contributed by atoms with Crippen molar-refractivity contribution in [3.8, 4) is 0 Å². The third-order valence-corrected chi connectivity index (χ3v) is 3.73. The van der Waals surface area contributed by atoms with Crippen molar-refractivity contribution in [1.29, 1.82) is 0 Å². The first kappa shape index (κ1) is 18.6. The molecule has 1 rings (SSSR count). The molecule has 0 aromatic carbocycles. The number of nitrogens with zero attached hydrogens (tertiary/aromatic N) is 2. The monoisotopic (exact) mass is 314 g/mol. The van der Waals surface area contributed by atoms with E-state index in [9.17, 15) is 9.59 Å². The molecule has 0 atom stereocenters. The molecule has 0 radical (unpaired) electrons. The van der Waals surface area contributed by atoms with Crippen LogP contribution >= 0.6 is 0 Å². The third kappa shape index (κ3) is 6.12. The molecule has 0 aromatic rings. The molecule has 0 bridgehead atoms. The van der Waals surface area contributed by atoms with Crippen LogP contribution in [-0.2, 0) is 9.47 Å². The summed E-state index contributed by atoms with van der Waals surface area (Å²) in [5.74, 6) is 0.318. The van der Waals surface area contributed by atoms with Crippen LogP contribution in [0.25, 0.3) is 0 Å². The number of hydrogen-bond donors (Lipinski definition) is 0. The molecule has 1 aliphatic heterocycles. The molecular weight excluding hydrogens is 284 g/mol. The minimum absolute atomic E-state index is 0.250. The molecule has 22 heavy (non-hydrogen) atoms. The maximum atomic E-state index is 12.0. The maximum Gasteiger partial charge on any atom is 0.410 e. The fraction of sp³-hybridized carbons (Fsp3) is 0.875. The Kier molecular flexibility index (Phi) is 6.97. The molecule has 1 saturated heterocycles. The standard InChI is InChI=1S/C16H30N2O4/c1-6-17(7-2)14(19)21-12-13-8-10-18(11-9-13)15(20)22-16(3,4)5/h13H,6-12H2,1-5H3. The summed E-state index contributed by atoms with van der Waals surface area (Å²) in [6.07, 6.45) is 1.17. The van der Waals surface area contributed by atoms with Crippen LogP contribution in [0.1, 0.15) is 47.5 Å². The van der Waals surface area contributed by atoms with Crippen molar-refractivity contribution >= 4 is 12.2 Å². The summed E-state index contributed by atoms with van der Waals surface area (Å²) in [4.78, 5) is 27.2. The second kappa shape index (κ2) is 8.25. The topological polar surface area (TPSA) is 59.1 Å². The maximum absolute atomic E-state index is 12.0. The SMILES string of the molecule is CCN(CC)C(=O)OCC1CCN(C(=O)OC(C)(C)C)CC1. The first-order chi connectivity index (χ1) is 10.3.